The van der Waals surface area contributed by atoms with Gasteiger partial charge in [-0.2, -0.15) is 0 Å². The summed E-state index contributed by atoms with van der Waals surface area (Å²) >= 11 is 0. The normalized spacial score (nSPS) is 17.3. The lowest BCUT2D eigenvalue weighted by molar-refractivity contribution is -0.119. The lowest BCUT2D eigenvalue weighted by Crippen LogP contribution is -2.36. The van der Waals surface area contributed by atoms with Gasteiger partial charge in [0.25, 0.3) is 5.91 Å². The topological polar surface area (TPSA) is 98.5 Å². The van der Waals surface area contributed by atoms with Gasteiger partial charge in [0, 0.05) is 0 Å². The molecule has 0 aromatic heterocycles. The number of carbonyl (C=O) groups is 1. The molecule has 0 saturated carbocycles. The zero-order chi connectivity index (χ0) is 14.6. The molecule has 5 nitrogen and oxygen atoms in total. The molecule has 0 spiro atoms. The van der Waals surface area contributed by atoms with Gasteiger partial charge in [0.2, 0.25) is 0 Å². The monoisotopic (exact) mass is 283 g/mol. The molecular formula is C13H21N3O2S. The van der Waals surface area contributed by atoms with E-state index in [1.807, 2.05) is 20.8 Å². The fraction of sp³-hybridized carbons (Fsp3) is 0.462. The molecule has 3 atom stereocenters. The molecule has 1 unspecified atom stereocenters. The largest absolute Gasteiger partial charge is 0.320 e. The fourth-order valence-electron chi connectivity index (χ4n) is 1.48. The Morgan fingerprint density at radius 1 is 1.37 bits per heavy atom. The molecule has 0 bridgehead atoms. The summed E-state index contributed by atoms with van der Waals surface area (Å²) in [6.07, 6.45) is 0.749. The van der Waals surface area contributed by atoms with Crippen molar-refractivity contribution in [3.8, 4) is 0 Å². The van der Waals surface area contributed by atoms with Gasteiger partial charge in [0.15, 0.2) is 0 Å². The van der Waals surface area contributed by atoms with E-state index >= 15 is 0 Å². The van der Waals surface area contributed by atoms with Gasteiger partial charge in [0.05, 0.1) is 10.9 Å². The Morgan fingerprint density at radius 3 is 2.37 bits per heavy atom. The molecule has 1 amide bonds. The van der Waals surface area contributed by atoms with Gasteiger partial charge < -0.3 is 5.73 Å². The minimum Gasteiger partial charge on any atom is -0.320 e. The molecule has 1 rings (SSSR count). The molecule has 0 heterocycles. The lowest BCUT2D eigenvalue weighted by atomic mass is 10.00. The Morgan fingerprint density at radius 2 is 1.89 bits per heavy atom. The van der Waals surface area contributed by atoms with E-state index < -0.39 is 21.9 Å². The number of benzene rings is 1. The third-order valence-electron chi connectivity index (χ3n) is 3.13. The molecule has 0 saturated heterocycles. The van der Waals surface area contributed by atoms with Crippen LogP contribution < -0.4 is 10.9 Å². The van der Waals surface area contributed by atoms with Crippen molar-refractivity contribution in [2.75, 3.05) is 0 Å². The summed E-state index contributed by atoms with van der Waals surface area (Å²) in [6, 6.07) is 6.01. The second-order valence-corrected chi connectivity index (χ2v) is 6.51. The van der Waals surface area contributed by atoms with Crippen LogP contribution in [0.4, 0.5) is 0 Å². The number of hydrogen-bond acceptors (Lipinski definition) is 3. The van der Waals surface area contributed by atoms with Gasteiger partial charge in [0.1, 0.15) is 9.92 Å². The first-order valence-electron chi connectivity index (χ1n) is 6.19. The summed E-state index contributed by atoms with van der Waals surface area (Å²) in [4.78, 5) is 12.2. The molecule has 0 fully saturated rings. The van der Waals surface area contributed by atoms with E-state index in [1.54, 1.807) is 24.3 Å². The van der Waals surface area contributed by atoms with Crippen LogP contribution in [0, 0.1) is 12.8 Å². The van der Waals surface area contributed by atoms with E-state index in [4.69, 9.17) is 10.9 Å². The highest BCUT2D eigenvalue weighted by molar-refractivity contribution is 7.91. The van der Waals surface area contributed by atoms with Crippen molar-refractivity contribution >= 4 is 15.8 Å². The Labute approximate surface area is 114 Å². The molecule has 4 N–H and O–H groups in total. The Kier molecular flexibility index (Phi) is 5.22. The summed E-state index contributed by atoms with van der Waals surface area (Å²) in [5.74, 6) is -0.633. The average molecular weight is 283 g/mol. The van der Waals surface area contributed by atoms with Crippen molar-refractivity contribution in [3.63, 3.8) is 0 Å². The van der Waals surface area contributed by atoms with Crippen LogP contribution in [-0.2, 0) is 14.7 Å². The molecule has 0 aliphatic rings. The van der Waals surface area contributed by atoms with Crippen molar-refractivity contribution in [1.29, 1.82) is 0 Å². The van der Waals surface area contributed by atoms with Crippen LogP contribution in [-0.4, -0.2) is 16.2 Å². The molecule has 0 aliphatic carbocycles. The summed E-state index contributed by atoms with van der Waals surface area (Å²) in [7, 11) is -3.22. The molecule has 106 valence electrons. The van der Waals surface area contributed by atoms with E-state index in [2.05, 4.69) is 4.36 Å². The number of nitrogens with zero attached hydrogens (tertiary/aromatic N) is 1. The van der Waals surface area contributed by atoms with E-state index in [0.29, 0.717) is 4.90 Å². The first-order valence-corrected chi connectivity index (χ1v) is 7.76. The minimum absolute atomic E-state index is 0.0236. The number of hydrogen-bond donors (Lipinski definition) is 2. The standard InChI is InChI=1S/C13H21N3O2S/c1-4-10(3)12(14)13(17)16-19(15,18)11-7-5-9(2)6-8-11/h5-8,10,12H,4,14H2,1-3H3,(H2,15,16,17,18)/t10-,12-,19?/m0/s1. The fourth-order valence-corrected chi connectivity index (χ4v) is 2.50. The van der Waals surface area contributed by atoms with E-state index in [-0.39, 0.29) is 5.92 Å². The summed E-state index contributed by atoms with van der Waals surface area (Å²) < 4.78 is 15.9. The highest BCUT2D eigenvalue weighted by Gasteiger charge is 2.21. The Bertz CT molecular complexity index is 560. The van der Waals surface area contributed by atoms with E-state index in [0.717, 1.165) is 12.0 Å². The van der Waals surface area contributed by atoms with Crippen LogP contribution in [0.25, 0.3) is 0 Å². The lowest BCUT2D eigenvalue weighted by Gasteiger charge is -2.14. The first kappa shape index (κ1) is 15.8. The van der Waals surface area contributed by atoms with E-state index in [1.165, 1.54) is 0 Å². The van der Waals surface area contributed by atoms with Crippen molar-refractivity contribution in [3.05, 3.63) is 29.8 Å². The van der Waals surface area contributed by atoms with Gasteiger partial charge >= 0.3 is 0 Å². The molecule has 19 heavy (non-hydrogen) atoms. The second-order valence-electron chi connectivity index (χ2n) is 4.72. The smallest absolute Gasteiger partial charge is 0.272 e. The van der Waals surface area contributed by atoms with Gasteiger partial charge in [-0.3, -0.25) is 4.79 Å². The van der Waals surface area contributed by atoms with Crippen LogP contribution in [0.2, 0.25) is 0 Å². The molecule has 1 aromatic rings. The Balaban J connectivity index is 3.06. The summed E-state index contributed by atoms with van der Waals surface area (Å²) in [5, 5.41) is 5.65. The predicted octanol–water partition coefficient (Wildman–Crippen LogP) is 1.60. The zero-order valence-electron chi connectivity index (χ0n) is 11.5. The van der Waals surface area contributed by atoms with Crippen LogP contribution in [0.3, 0.4) is 0 Å². The maximum atomic E-state index is 12.3. The van der Waals surface area contributed by atoms with Crippen LogP contribution in [0.1, 0.15) is 25.8 Å². The predicted molar refractivity (Wildman–Crippen MR) is 76.6 cm³/mol. The number of amides is 1. The first-order chi connectivity index (χ1) is 8.77. The number of rotatable bonds is 4. The van der Waals surface area contributed by atoms with Crippen LogP contribution >= 0.6 is 0 Å². The molecule has 6 heteroatoms. The van der Waals surface area contributed by atoms with Crippen molar-refractivity contribution < 1.29 is 9.00 Å². The summed E-state index contributed by atoms with van der Waals surface area (Å²) in [6.45, 7) is 5.68. The third kappa shape index (κ3) is 4.12. The minimum atomic E-state index is -3.22. The molecule has 1 aromatic carbocycles. The third-order valence-corrected chi connectivity index (χ3v) is 4.53. The highest BCUT2D eigenvalue weighted by Crippen LogP contribution is 2.13. The Hall–Kier alpha value is -1.24. The van der Waals surface area contributed by atoms with Gasteiger partial charge in [-0.05, 0) is 25.0 Å². The number of aryl methyl sites for hydroxylation is 1. The van der Waals surface area contributed by atoms with Gasteiger partial charge in [-0.15, -0.1) is 4.36 Å². The molecule has 0 radical (unpaired) electrons. The number of nitrogens with two attached hydrogens (primary N) is 2. The van der Waals surface area contributed by atoms with Gasteiger partial charge in [-0.25, -0.2) is 9.35 Å². The van der Waals surface area contributed by atoms with Crippen LogP contribution in [0.15, 0.2) is 33.5 Å². The van der Waals surface area contributed by atoms with Crippen molar-refractivity contribution in [2.45, 2.75) is 38.1 Å². The SMILES string of the molecule is CC[C@H](C)[C@H](N)C(=O)N=S(N)(=O)c1ccc(C)cc1. The maximum Gasteiger partial charge on any atom is 0.272 e. The maximum absolute atomic E-state index is 12.3. The average Bonchev–Trinajstić information content (AvgIpc) is 2.36. The van der Waals surface area contributed by atoms with Crippen molar-refractivity contribution in [2.24, 2.45) is 21.2 Å². The quantitative estimate of drug-likeness (QED) is 0.877. The second kappa shape index (κ2) is 6.27. The number of carbonyl (C=O) groups excluding carboxylic acids is 1. The molecular weight excluding hydrogens is 262 g/mol. The van der Waals surface area contributed by atoms with Crippen LogP contribution in [0.5, 0.6) is 0 Å². The van der Waals surface area contributed by atoms with E-state index in [9.17, 15) is 9.00 Å². The highest BCUT2D eigenvalue weighted by atomic mass is 32.2. The molecule has 0 aliphatic heterocycles. The van der Waals surface area contributed by atoms with Crippen molar-refractivity contribution in [1.82, 2.24) is 0 Å². The van der Waals surface area contributed by atoms with Gasteiger partial charge in [-0.1, -0.05) is 38.0 Å². The summed E-state index contributed by atoms with van der Waals surface area (Å²) in [5.41, 5.74) is 6.77. The zero-order valence-corrected chi connectivity index (χ0v) is 12.3.